The molecule has 1 heterocycles. The molecule has 1 aromatic heterocycles. The first kappa shape index (κ1) is 29.7. The second-order valence-electron chi connectivity index (χ2n) is 9.07. The van der Waals surface area contributed by atoms with Crippen molar-refractivity contribution in [2.45, 2.75) is 37.8 Å². The molecule has 0 fully saturated rings. The molecule has 11 heteroatoms. The van der Waals surface area contributed by atoms with Crippen LogP contribution in [0.25, 0.3) is 0 Å². The third-order valence-electron chi connectivity index (χ3n) is 6.02. The van der Waals surface area contributed by atoms with Crippen molar-refractivity contribution in [3.8, 4) is 11.5 Å². The standard InChI is InChI=1S/C30H29ClN2O7S/c1-3-7-29(34)32-22-12-14-24(15-13-22)41(36,37)40-28-18-21(11-16-27(28)38-2)19-33(20-23-8-6-17-39-23)30(35)25-9-4-5-10-26(25)31/h4-6,8-18H,3,7,19-20H2,1-2H3,(H,32,34). The van der Waals surface area contributed by atoms with E-state index in [0.29, 0.717) is 40.4 Å². The van der Waals surface area contributed by atoms with Gasteiger partial charge < -0.3 is 23.6 Å². The third-order valence-corrected chi connectivity index (χ3v) is 7.60. The maximum atomic E-state index is 13.5. The quantitative estimate of drug-likeness (QED) is 0.191. The summed E-state index contributed by atoms with van der Waals surface area (Å²) in [7, 11) is -2.86. The van der Waals surface area contributed by atoms with Crippen LogP contribution in [0.1, 0.15) is 41.4 Å². The second kappa shape index (κ2) is 13.4. The van der Waals surface area contributed by atoms with Crippen molar-refractivity contribution in [2.24, 2.45) is 0 Å². The van der Waals surface area contributed by atoms with Crippen LogP contribution in [0.15, 0.2) is 94.4 Å². The number of hydrogen-bond donors (Lipinski definition) is 1. The number of nitrogens with one attached hydrogen (secondary N) is 1. The molecule has 9 nitrogen and oxygen atoms in total. The van der Waals surface area contributed by atoms with Crippen LogP contribution in [0, 0.1) is 0 Å². The largest absolute Gasteiger partial charge is 0.493 e. The van der Waals surface area contributed by atoms with Crippen molar-refractivity contribution in [3.05, 3.63) is 107 Å². The Labute approximate surface area is 243 Å². The Morgan fingerprint density at radius 3 is 2.37 bits per heavy atom. The minimum atomic E-state index is -4.26. The molecular weight excluding hydrogens is 568 g/mol. The van der Waals surface area contributed by atoms with Crippen molar-refractivity contribution < 1.29 is 31.3 Å². The predicted octanol–water partition coefficient (Wildman–Crippen LogP) is 6.29. The van der Waals surface area contributed by atoms with Crippen LogP contribution in [0.4, 0.5) is 5.69 Å². The van der Waals surface area contributed by atoms with Gasteiger partial charge >= 0.3 is 10.1 Å². The van der Waals surface area contributed by atoms with Crippen LogP contribution in [0.3, 0.4) is 0 Å². The summed E-state index contributed by atoms with van der Waals surface area (Å²) in [6.07, 6.45) is 2.58. The molecule has 214 valence electrons. The van der Waals surface area contributed by atoms with E-state index in [0.717, 1.165) is 0 Å². The van der Waals surface area contributed by atoms with E-state index in [4.69, 9.17) is 24.9 Å². The maximum absolute atomic E-state index is 13.5. The van der Waals surface area contributed by atoms with Gasteiger partial charge in [0.15, 0.2) is 11.5 Å². The number of anilines is 1. The Hall–Kier alpha value is -4.28. The van der Waals surface area contributed by atoms with Crippen LogP contribution in [-0.2, 0) is 28.0 Å². The van der Waals surface area contributed by atoms with E-state index in [9.17, 15) is 18.0 Å². The lowest BCUT2D eigenvalue weighted by Crippen LogP contribution is -2.30. The number of nitrogens with zero attached hydrogens (tertiary/aromatic N) is 1. The van der Waals surface area contributed by atoms with Crippen LogP contribution < -0.4 is 14.2 Å². The van der Waals surface area contributed by atoms with Crippen LogP contribution in [0.2, 0.25) is 5.02 Å². The molecule has 4 aromatic rings. The Morgan fingerprint density at radius 2 is 1.71 bits per heavy atom. The molecule has 0 atom stereocenters. The van der Waals surface area contributed by atoms with E-state index in [1.54, 1.807) is 48.5 Å². The molecule has 0 aliphatic rings. The van der Waals surface area contributed by atoms with Crippen LogP contribution in [-0.4, -0.2) is 32.2 Å². The lowest BCUT2D eigenvalue weighted by Gasteiger charge is -2.23. The number of furan rings is 1. The zero-order valence-electron chi connectivity index (χ0n) is 22.5. The number of ether oxygens (including phenoxy) is 1. The number of amides is 2. The minimum absolute atomic E-state index is 0.0477. The Morgan fingerprint density at radius 1 is 0.951 bits per heavy atom. The minimum Gasteiger partial charge on any atom is -0.493 e. The number of rotatable bonds is 12. The molecule has 0 saturated heterocycles. The van der Waals surface area contributed by atoms with Crippen molar-refractivity contribution in [1.82, 2.24) is 4.90 Å². The highest BCUT2D eigenvalue weighted by atomic mass is 35.5. The number of benzene rings is 3. The number of halogens is 1. The molecule has 0 saturated carbocycles. The van der Waals surface area contributed by atoms with Crippen molar-refractivity contribution in [1.29, 1.82) is 0 Å². The van der Waals surface area contributed by atoms with Gasteiger partial charge in [0.1, 0.15) is 10.7 Å². The highest BCUT2D eigenvalue weighted by molar-refractivity contribution is 7.87. The van der Waals surface area contributed by atoms with E-state index >= 15 is 0 Å². The maximum Gasteiger partial charge on any atom is 0.339 e. The molecule has 0 aliphatic heterocycles. The first-order valence-electron chi connectivity index (χ1n) is 12.8. The molecule has 1 N–H and O–H groups in total. The van der Waals surface area contributed by atoms with Crippen LogP contribution in [0.5, 0.6) is 11.5 Å². The molecule has 41 heavy (non-hydrogen) atoms. The molecule has 3 aromatic carbocycles. The first-order chi connectivity index (χ1) is 19.7. The summed E-state index contributed by atoms with van der Waals surface area (Å²) >= 11 is 6.30. The Balaban J connectivity index is 1.58. The SMILES string of the molecule is CCCC(=O)Nc1ccc(S(=O)(=O)Oc2cc(CN(Cc3ccco3)C(=O)c3ccccc3Cl)ccc2OC)cc1. The fraction of sp³-hybridized carbons (Fsp3) is 0.200. The lowest BCUT2D eigenvalue weighted by atomic mass is 10.1. The molecule has 2 amide bonds. The summed E-state index contributed by atoms with van der Waals surface area (Å²) in [6, 6.07) is 20.7. The average Bonchev–Trinajstić information content (AvgIpc) is 3.46. The number of methoxy groups -OCH3 is 1. The van der Waals surface area contributed by atoms with Crippen molar-refractivity contribution in [2.75, 3.05) is 12.4 Å². The first-order valence-corrected chi connectivity index (χ1v) is 14.6. The number of carbonyl (C=O) groups is 2. The molecule has 0 radical (unpaired) electrons. The van der Waals surface area contributed by atoms with Gasteiger partial charge in [-0.25, -0.2) is 0 Å². The Bertz CT molecular complexity index is 1600. The van der Waals surface area contributed by atoms with E-state index in [1.807, 2.05) is 6.92 Å². The summed E-state index contributed by atoms with van der Waals surface area (Å²) in [4.78, 5) is 26.7. The normalized spacial score (nSPS) is 11.1. The van der Waals surface area contributed by atoms with Crippen molar-refractivity contribution >= 4 is 39.2 Å². The molecule has 4 rings (SSSR count). The van der Waals surface area contributed by atoms with Gasteiger partial charge in [0.2, 0.25) is 5.91 Å². The van der Waals surface area contributed by atoms with E-state index in [2.05, 4.69) is 5.32 Å². The number of hydrogen-bond acceptors (Lipinski definition) is 7. The summed E-state index contributed by atoms with van der Waals surface area (Å²) in [5, 5.41) is 3.02. The monoisotopic (exact) mass is 596 g/mol. The zero-order chi connectivity index (χ0) is 29.4. The molecule has 0 unspecified atom stereocenters. The molecule has 0 spiro atoms. The molecular formula is C30H29ClN2O7S. The van der Waals surface area contributed by atoms with E-state index in [1.165, 1.54) is 48.6 Å². The lowest BCUT2D eigenvalue weighted by molar-refractivity contribution is -0.116. The van der Waals surface area contributed by atoms with Gasteiger partial charge in [0, 0.05) is 18.7 Å². The summed E-state index contributed by atoms with van der Waals surface area (Å²) in [5.74, 6) is 0.218. The summed E-state index contributed by atoms with van der Waals surface area (Å²) in [5.41, 5.74) is 1.38. The zero-order valence-corrected chi connectivity index (χ0v) is 24.1. The topological polar surface area (TPSA) is 115 Å². The second-order valence-corrected chi connectivity index (χ2v) is 11.0. The van der Waals surface area contributed by atoms with Gasteiger partial charge in [-0.3, -0.25) is 9.59 Å². The predicted molar refractivity (Wildman–Crippen MR) is 155 cm³/mol. The van der Waals surface area contributed by atoms with Gasteiger partial charge in [0.25, 0.3) is 5.91 Å². The van der Waals surface area contributed by atoms with Crippen molar-refractivity contribution in [3.63, 3.8) is 0 Å². The average molecular weight is 597 g/mol. The van der Waals surface area contributed by atoms with Gasteiger partial charge in [-0.2, -0.15) is 8.42 Å². The van der Waals surface area contributed by atoms with Gasteiger partial charge in [-0.1, -0.05) is 36.7 Å². The van der Waals surface area contributed by atoms with E-state index in [-0.39, 0.29) is 41.3 Å². The fourth-order valence-corrected chi connectivity index (χ4v) is 5.17. The summed E-state index contributed by atoms with van der Waals surface area (Å²) < 4.78 is 42.5. The third kappa shape index (κ3) is 7.68. The van der Waals surface area contributed by atoms with Gasteiger partial charge in [-0.05, 0) is 72.6 Å². The van der Waals surface area contributed by atoms with Crippen LogP contribution >= 0.6 is 11.6 Å². The van der Waals surface area contributed by atoms with E-state index < -0.39 is 10.1 Å². The fourth-order valence-electron chi connectivity index (χ4n) is 4.02. The highest BCUT2D eigenvalue weighted by Crippen LogP contribution is 2.32. The summed E-state index contributed by atoms with van der Waals surface area (Å²) in [6.45, 7) is 2.14. The highest BCUT2D eigenvalue weighted by Gasteiger charge is 2.23. The number of carbonyl (C=O) groups excluding carboxylic acids is 2. The van der Waals surface area contributed by atoms with Gasteiger partial charge in [0.05, 0.1) is 30.5 Å². The molecule has 0 aliphatic carbocycles. The Kier molecular flexibility index (Phi) is 9.69. The smallest absolute Gasteiger partial charge is 0.339 e. The molecule has 0 bridgehead atoms. The van der Waals surface area contributed by atoms with Gasteiger partial charge in [-0.15, -0.1) is 0 Å².